The molecule has 0 aliphatic rings. The van der Waals surface area contributed by atoms with Gasteiger partial charge in [0, 0.05) is 22.7 Å². The van der Waals surface area contributed by atoms with E-state index in [1.165, 1.54) is 18.2 Å². The molecule has 0 aliphatic heterocycles. The van der Waals surface area contributed by atoms with Crippen molar-refractivity contribution in [1.29, 1.82) is 0 Å². The highest BCUT2D eigenvalue weighted by atomic mass is 32.2. The fourth-order valence-corrected chi connectivity index (χ4v) is 4.14. The minimum Gasteiger partial charge on any atom is -0.379 e. The van der Waals surface area contributed by atoms with Gasteiger partial charge in [0.2, 0.25) is 0 Å². The van der Waals surface area contributed by atoms with Crippen molar-refractivity contribution in [2.75, 3.05) is 0 Å². The molecule has 0 radical (unpaired) electrons. The summed E-state index contributed by atoms with van der Waals surface area (Å²) in [5, 5.41) is 0.721. The lowest BCUT2D eigenvalue weighted by Crippen LogP contribution is -2.11. The summed E-state index contributed by atoms with van der Waals surface area (Å²) in [6.07, 6.45) is 1.62. The number of hydrogen-bond acceptors (Lipinski definition) is 5. The first-order valence-corrected chi connectivity index (χ1v) is 10.3. The minimum absolute atomic E-state index is 0.000520. The summed E-state index contributed by atoms with van der Waals surface area (Å²) in [4.78, 5) is 16.7. The standard InChI is InChI=1S/C23H17NO4S/c1-16-14-19-8-5-9-21(22(19)24-15-16)29(26,27)28-20-12-10-18(11-13-20)23(25)17-6-3-2-4-7-17/h2-15H,1H3. The number of nitrogens with zero attached hydrogens (tertiary/aromatic N) is 1. The van der Waals surface area contributed by atoms with Gasteiger partial charge in [-0.1, -0.05) is 42.5 Å². The molecule has 4 aromatic rings. The maximum Gasteiger partial charge on any atom is 0.341 e. The molecular formula is C23H17NO4S. The lowest BCUT2D eigenvalue weighted by molar-refractivity contribution is 0.103. The molecule has 29 heavy (non-hydrogen) atoms. The molecule has 0 saturated carbocycles. The van der Waals surface area contributed by atoms with Crippen molar-refractivity contribution in [3.8, 4) is 5.75 Å². The van der Waals surface area contributed by atoms with Crippen LogP contribution in [0.5, 0.6) is 5.75 Å². The van der Waals surface area contributed by atoms with E-state index in [1.54, 1.807) is 54.7 Å². The average Bonchev–Trinajstić information content (AvgIpc) is 2.73. The summed E-state index contributed by atoms with van der Waals surface area (Å²) < 4.78 is 30.9. The van der Waals surface area contributed by atoms with E-state index in [4.69, 9.17) is 4.18 Å². The van der Waals surface area contributed by atoms with Crippen molar-refractivity contribution in [2.45, 2.75) is 11.8 Å². The van der Waals surface area contributed by atoms with Gasteiger partial charge in [0.15, 0.2) is 5.78 Å². The summed E-state index contributed by atoms with van der Waals surface area (Å²) in [6, 6.07) is 21.7. The Balaban J connectivity index is 1.62. The molecule has 4 rings (SSSR count). The Kier molecular flexibility index (Phi) is 4.86. The molecule has 3 aromatic carbocycles. The van der Waals surface area contributed by atoms with Crippen molar-refractivity contribution in [1.82, 2.24) is 4.98 Å². The van der Waals surface area contributed by atoms with E-state index in [0.717, 1.165) is 10.9 Å². The van der Waals surface area contributed by atoms with Crippen LogP contribution in [0.15, 0.2) is 90.0 Å². The maximum absolute atomic E-state index is 12.8. The van der Waals surface area contributed by atoms with Gasteiger partial charge in [-0.2, -0.15) is 8.42 Å². The zero-order chi connectivity index (χ0) is 20.4. The molecule has 1 aromatic heterocycles. The number of aryl methyl sites for hydroxylation is 1. The van der Waals surface area contributed by atoms with Crippen molar-refractivity contribution >= 4 is 26.8 Å². The minimum atomic E-state index is -4.09. The maximum atomic E-state index is 12.8. The molecule has 5 nitrogen and oxygen atoms in total. The third kappa shape index (κ3) is 3.88. The van der Waals surface area contributed by atoms with E-state index >= 15 is 0 Å². The lowest BCUT2D eigenvalue weighted by atomic mass is 10.0. The molecule has 0 spiro atoms. The summed E-state index contributed by atoms with van der Waals surface area (Å²) in [7, 11) is -4.09. The molecule has 0 aliphatic carbocycles. The number of carbonyl (C=O) groups is 1. The number of fused-ring (bicyclic) bond motifs is 1. The molecule has 6 heteroatoms. The second-order valence-corrected chi connectivity index (χ2v) is 8.11. The van der Waals surface area contributed by atoms with Crippen LogP contribution >= 0.6 is 0 Å². The highest BCUT2D eigenvalue weighted by Crippen LogP contribution is 2.25. The predicted octanol–water partition coefficient (Wildman–Crippen LogP) is 4.54. The van der Waals surface area contributed by atoms with E-state index in [-0.39, 0.29) is 16.4 Å². The summed E-state index contributed by atoms with van der Waals surface area (Å²) >= 11 is 0. The van der Waals surface area contributed by atoms with Gasteiger partial charge in [-0.25, -0.2) is 0 Å². The van der Waals surface area contributed by atoms with Gasteiger partial charge >= 0.3 is 10.1 Å². The summed E-state index contributed by atoms with van der Waals surface area (Å²) in [6.45, 7) is 1.89. The van der Waals surface area contributed by atoms with E-state index in [0.29, 0.717) is 16.6 Å². The van der Waals surface area contributed by atoms with Crippen LogP contribution in [0.2, 0.25) is 0 Å². The van der Waals surface area contributed by atoms with Crippen LogP contribution in [-0.2, 0) is 10.1 Å². The fraction of sp³-hybridized carbons (Fsp3) is 0.0435. The van der Waals surface area contributed by atoms with E-state index in [2.05, 4.69) is 4.98 Å². The predicted molar refractivity (Wildman–Crippen MR) is 111 cm³/mol. The Hall–Kier alpha value is -3.51. The Morgan fingerprint density at radius 1 is 0.862 bits per heavy atom. The number of carbonyl (C=O) groups excluding carboxylic acids is 1. The van der Waals surface area contributed by atoms with Crippen molar-refractivity contribution in [3.05, 3.63) is 102 Å². The van der Waals surface area contributed by atoms with Crippen molar-refractivity contribution in [3.63, 3.8) is 0 Å². The van der Waals surface area contributed by atoms with Gasteiger partial charge in [-0.05, 0) is 48.9 Å². The number of ketones is 1. The lowest BCUT2D eigenvalue weighted by Gasteiger charge is -2.10. The first-order valence-electron chi connectivity index (χ1n) is 8.94. The molecule has 0 amide bonds. The monoisotopic (exact) mass is 403 g/mol. The van der Waals surface area contributed by atoms with Crippen LogP contribution in [0.4, 0.5) is 0 Å². The smallest absolute Gasteiger partial charge is 0.341 e. The second kappa shape index (κ2) is 7.48. The molecule has 0 N–H and O–H groups in total. The molecular weight excluding hydrogens is 386 g/mol. The van der Waals surface area contributed by atoms with E-state index in [1.807, 2.05) is 19.1 Å². The number of pyridine rings is 1. The Bertz CT molecular complexity index is 1300. The molecule has 0 unspecified atom stereocenters. The number of hydrogen-bond donors (Lipinski definition) is 0. The Morgan fingerprint density at radius 2 is 1.55 bits per heavy atom. The van der Waals surface area contributed by atoms with Gasteiger partial charge in [0.05, 0.1) is 5.52 Å². The first-order chi connectivity index (χ1) is 13.9. The van der Waals surface area contributed by atoms with Gasteiger partial charge in [0.25, 0.3) is 0 Å². The number of para-hydroxylation sites is 1. The second-order valence-electron chi connectivity index (χ2n) is 6.60. The zero-order valence-electron chi connectivity index (χ0n) is 15.6. The topological polar surface area (TPSA) is 73.3 Å². The van der Waals surface area contributed by atoms with Crippen LogP contribution in [0.1, 0.15) is 21.5 Å². The van der Waals surface area contributed by atoms with Gasteiger partial charge in [-0.3, -0.25) is 9.78 Å². The van der Waals surface area contributed by atoms with Crippen LogP contribution < -0.4 is 4.18 Å². The number of benzene rings is 3. The SMILES string of the molecule is Cc1cnc2c(S(=O)(=O)Oc3ccc(C(=O)c4ccccc4)cc3)cccc2c1. The molecule has 0 atom stereocenters. The number of aromatic nitrogens is 1. The summed E-state index contributed by atoms with van der Waals surface area (Å²) in [5.74, 6) is -0.0210. The highest BCUT2D eigenvalue weighted by molar-refractivity contribution is 7.87. The normalized spacial score (nSPS) is 11.3. The van der Waals surface area contributed by atoms with E-state index in [9.17, 15) is 13.2 Å². The van der Waals surface area contributed by atoms with Crippen LogP contribution in [0, 0.1) is 6.92 Å². The Morgan fingerprint density at radius 3 is 2.28 bits per heavy atom. The van der Waals surface area contributed by atoms with Gasteiger partial charge < -0.3 is 4.18 Å². The molecule has 0 fully saturated rings. The summed E-state index contributed by atoms with van der Waals surface area (Å²) in [5.41, 5.74) is 2.30. The molecule has 1 heterocycles. The van der Waals surface area contributed by atoms with Gasteiger partial charge in [0.1, 0.15) is 10.6 Å². The molecule has 0 bridgehead atoms. The molecule has 144 valence electrons. The third-order valence-corrected chi connectivity index (χ3v) is 5.72. The van der Waals surface area contributed by atoms with Crippen LogP contribution in [0.25, 0.3) is 10.9 Å². The largest absolute Gasteiger partial charge is 0.379 e. The van der Waals surface area contributed by atoms with E-state index < -0.39 is 10.1 Å². The van der Waals surface area contributed by atoms with Crippen molar-refractivity contribution in [2.24, 2.45) is 0 Å². The molecule has 0 saturated heterocycles. The Labute approximate surface area is 168 Å². The third-order valence-electron chi connectivity index (χ3n) is 4.44. The van der Waals surface area contributed by atoms with Crippen LogP contribution in [0.3, 0.4) is 0 Å². The quantitative estimate of drug-likeness (QED) is 0.361. The first kappa shape index (κ1) is 18.8. The highest BCUT2D eigenvalue weighted by Gasteiger charge is 2.21. The van der Waals surface area contributed by atoms with Crippen molar-refractivity contribution < 1.29 is 17.4 Å². The number of rotatable bonds is 5. The fourth-order valence-electron chi connectivity index (χ4n) is 3.03. The van der Waals surface area contributed by atoms with Gasteiger partial charge in [-0.15, -0.1) is 0 Å². The zero-order valence-corrected chi connectivity index (χ0v) is 16.4. The average molecular weight is 403 g/mol. The van der Waals surface area contributed by atoms with Crippen LogP contribution in [-0.4, -0.2) is 19.2 Å².